The summed E-state index contributed by atoms with van der Waals surface area (Å²) in [7, 11) is 1.52. The molecular weight excluding hydrogens is 311 g/mol. The highest BCUT2D eigenvalue weighted by Gasteiger charge is 2.16. The lowest BCUT2D eigenvalue weighted by Crippen LogP contribution is -2.02. The molecule has 0 atom stereocenters. The van der Waals surface area contributed by atoms with Crippen LogP contribution in [0.3, 0.4) is 0 Å². The molecule has 0 aliphatic carbocycles. The Kier molecular flexibility index (Phi) is 3.95. The lowest BCUT2D eigenvalue weighted by Gasteiger charge is -2.11. The van der Waals surface area contributed by atoms with E-state index in [0.29, 0.717) is 28.5 Å². The molecule has 3 aromatic rings. The van der Waals surface area contributed by atoms with Crippen LogP contribution in [0.1, 0.15) is 5.69 Å². The number of aromatic nitrogens is 4. The van der Waals surface area contributed by atoms with Gasteiger partial charge in [0.1, 0.15) is 11.4 Å². The SMILES string of the molecule is COc1ccc(-c2ccnc(N)c2F)nc1-c1cc(C)nc(N)n1. The summed E-state index contributed by atoms with van der Waals surface area (Å²) in [4.78, 5) is 16.4. The van der Waals surface area contributed by atoms with E-state index in [4.69, 9.17) is 16.2 Å². The number of rotatable bonds is 3. The van der Waals surface area contributed by atoms with Gasteiger partial charge in [-0.25, -0.2) is 24.3 Å². The number of nitrogens with zero attached hydrogens (tertiary/aromatic N) is 4. The molecule has 0 aliphatic heterocycles. The Hall–Kier alpha value is -3.29. The summed E-state index contributed by atoms with van der Waals surface area (Å²) >= 11 is 0. The standard InChI is InChI=1S/C16H15FN6O/c1-8-7-11(23-16(19)21-8)14-12(24-2)4-3-10(22-14)9-5-6-20-15(18)13(9)17/h3-7H,1-2H3,(H2,18,20)(H2,19,21,23). The topological polar surface area (TPSA) is 113 Å². The van der Waals surface area contributed by atoms with Crippen molar-refractivity contribution < 1.29 is 9.13 Å². The van der Waals surface area contributed by atoms with E-state index in [9.17, 15) is 4.39 Å². The van der Waals surface area contributed by atoms with Gasteiger partial charge in [-0.3, -0.25) is 0 Å². The highest BCUT2D eigenvalue weighted by Crippen LogP contribution is 2.32. The second-order valence-electron chi connectivity index (χ2n) is 5.06. The molecule has 0 aromatic carbocycles. The van der Waals surface area contributed by atoms with Gasteiger partial charge in [0.25, 0.3) is 0 Å². The van der Waals surface area contributed by atoms with Gasteiger partial charge in [0, 0.05) is 17.5 Å². The van der Waals surface area contributed by atoms with E-state index in [2.05, 4.69) is 19.9 Å². The quantitative estimate of drug-likeness (QED) is 0.758. The fourth-order valence-corrected chi connectivity index (χ4v) is 2.32. The number of halogens is 1. The van der Waals surface area contributed by atoms with Crippen molar-refractivity contribution in [3.63, 3.8) is 0 Å². The summed E-state index contributed by atoms with van der Waals surface area (Å²) in [6, 6.07) is 6.55. The van der Waals surface area contributed by atoms with Crippen LogP contribution in [0.4, 0.5) is 16.2 Å². The van der Waals surface area contributed by atoms with Crippen LogP contribution >= 0.6 is 0 Å². The second-order valence-corrected chi connectivity index (χ2v) is 5.06. The number of nitrogens with two attached hydrogens (primary N) is 2. The Morgan fingerprint density at radius 2 is 1.83 bits per heavy atom. The zero-order valence-corrected chi connectivity index (χ0v) is 13.1. The van der Waals surface area contributed by atoms with Crippen molar-refractivity contribution in [3.05, 3.63) is 42.0 Å². The van der Waals surface area contributed by atoms with Crippen LogP contribution in [0.2, 0.25) is 0 Å². The number of hydrogen-bond acceptors (Lipinski definition) is 7. The summed E-state index contributed by atoms with van der Waals surface area (Å²) in [5, 5.41) is 0. The van der Waals surface area contributed by atoms with E-state index < -0.39 is 5.82 Å². The first-order valence-electron chi connectivity index (χ1n) is 7.06. The second kappa shape index (κ2) is 6.07. The largest absolute Gasteiger partial charge is 0.494 e. The molecule has 24 heavy (non-hydrogen) atoms. The van der Waals surface area contributed by atoms with E-state index in [0.717, 1.165) is 0 Å². The third kappa shape index (κ3) is 2.81. The lowest BCUT2D eigenvalue weighted by atomic mass is 10.1. The molecule has 0 bridgehead atoms. The van der Waals surface area contributed by atoms with Crippen molar-refractivity contribution in [1.82, 2.24) is 19.9 Å². The summed E-state index contributed by atoms with van der Waals surface area (Å²) in [5.41, 5.74) is 13.5. The van der Waals surface area contributed by atoms with Gasteiger partial charge in [-0.1, -0.05) is 0 Å². The Morgan fingerprint density at radius 3 is 2.54 bits per heavy atom. The number of ether oxygens (including phenoxy) is 1. The average Bonchev–Trinajstić information content (AvgIpc) is 2.56. The minimum absolute atomic E-state index is 0.124. The summed E-state index contributed by atoms with van der Waals surface area (Å²) in [6.07, 6.45) is 1.42. The number of hydrogen-bond donors (Lipinski definition) is 2. The Bertz CT molecular complexity index is 895. The van der Waals surface area contributed by atoms with Crippen molar-refractivity contribution in [1.29, 1.82) is 0 Å². The smallest absolute Gasteiger partial charge is 0.220 e. The van der Waals surface area contributed by atoms with Gasteiger partial charge in [0.2, 0.25) is 5.95 Å². The van der Waals surface area contributed by atoms with Crippen LogP contribution in [0.25, 0.3) is 22.6 Å². The Labute approximate surface area is 137 Å². The Morgan fingerprint density at radius 1 is 1.04 bits per heavy atom. The van der Waals surface area contributed by atoms with E-state index in [1.165, 1.54) is 19.4 Å². The summed E-state index contributed by atoms with van der Waals surface area (Å²) in [6.45, 7) is 1.79. The Balaban J connectivity index is 2.21. The molecule has 3 heterocycles. The zero-order chi connectivity index (χ0) is 17.3. The first-order valence-corrected chi connectivity index (χ1v) is 7.06. The van der Waals surface area contributed by atoms with Gasteiger partial charge in [0.05, 0.1) is 18.5 Å². The van der Waals surface area contributed by atoms with Gasteiger partial charge in [-0.05, 0) is 31.2 Å². The number of anilines is 2. The molecule has 0 unspecified atom stereocenters. The molecule has 0 amide bonds. The predicted molar refractivity (Wildman–Crippen MR) is 88.6 cm³/mol. The molecule has 8 heteroatoms. The van der Waals surface area contributed by atoms with E-state index >= 15 is 0 Å². The van der Waals surface area contributed by atoms with Crippen LogP contribution in [0.15, 0.2) is 30.5 Å². The van der Waals surface area contributed by atoms with Gasteiger partial charge >= 0.3 is 0 Å². The molecule has 4 N–H and O–H groups in total. The molecule has 0 saturated heterocycles. The van der Waals surface area contributed by atoms with Gasteiger partial charge in [-0.15, -0.1) is 0 Å². The summed E-state index contributed by atoms with van der Waals surface area (Å²) in [5.74, 6) is -0.203. The monoisotopic (exact) mass is 326 g/mol. The molecular formula is C16H15FN6O. The molecule has 3 rings (SSSR count). The van der Waals surface area contributed by atoms with Crippen LogP contribution < -0.4 is 16.2 Å². The third-order valence-corrected chi connectivity index (χ3v) is 3.38. The van der Waals surface area contributed by atoms with Crippen LogP contribution in [-0.2, 0) is 0 Å². The predicted octanol–water partition coefficient (Wildman–Crippen LogP) is 2.22. The molecule has 122 valence electrons. The summed E-state index contributed by atoms with van der Waals surface area (Å²) < 4.78 is 19.6. The number of pyridine rings is 2. The maximum Gasteiger partial charge on any atom is 0.220 e. The molecule has 0 spiro atoms. The molecule has 0 radical (unpaired) electrons. The normalized spacial score (nSPS) is 10.6. The minimum Gasteiger partial charge on any atom is -0.494 e. The number of aryl methyl sites for hydroxylation is 1. The van der Waals surface area contributed by atoms with Crippen molar-refractivity contribution in [3.8, 4) is 28.4 Å². The van der Waals surface area contributed by atoms with Crippen molar-refractivity contribution in [2.24, 2.45) is 0 Å². The highest BCUT2D eigenvalue weighted by atomic mass is 19.1. The molecule has 0 aliphatic rings. The highest BCUT2D eigenvalue weighted by molar-refractivity contribution is 5.71. The minimum atomic E-state index is -0.625. The zero-order valence-electron chi connectivity index (χ0n) is 13.1. The number of methoxy groups -OCH3 is 1. The maximum atomic E-state index is 14.2. The van der Waals surface area contributed by atoms with Crippen molar-refractivity contribution in [2.75, 3.05) is 18.6 Å². The van der Waals surface area contributed by atoms with Crippen LogP contribution in [0.5, 0.6) is 5.75 Å². The van der Waals surface area contributed by atoms with Crippen LogP contribution in [0, 0.1) is 12.7 Å². The molecule has 3 aromatic heterocycles. The molecule has 7 nitrogen and oxygen atoms in total. The fourth-order valence-electron chi connectivity index (χ4n) is 2.32. The first-order chi connectivity index (χ1) is 11.5. The van der Waals surface area contributed by atoms with Crippen LogP contribution in [-0.4, -0.2) is 27.0 Å². The van der Waals surface area contributed by atoms with E-state index in [1.807, 2.05) is 0 Å². The van der Waals surface area contributed by atoms with Crippen molar-refractivity contribution in [2.45, 2.75) is 6.92 Å². The van der Waals surface area contributed by atoms with Gasteiger partial charge < -0.3 is 16.2 Å². The van der Waals surface area contributed by atoms with E-state index in [-0.39, 0.29) is 17.3 Å². The first kappa shape index (κ1) is 15.6. The lowest BCUT2D eigenvalue weighted by molar-refractivity contribution is 0.414. The third-order valence-electron chi connectivity index (χ3n) is 3.38. The molecule has 0 saturated carbocycles. The van der Waals surface area contributed by atoms with E-state index in [1.54, 1.807) is 25.1 Å². The maximum absolute atomic E-state index is 14.2. The average molecular weight is 326 g/mol. The van der Waals surface area contributed by atoms with Gasteiger partial charge in [0.15, 0.2) is 11.6 Å². The van der Waals surface area contributed by atoms with Crippen molar-refractivity contribution >= 4 is 11.8 Å². The fraction of sp³-hybridized carbons (Fsp3) is 0.125. The van der Waals surface area contributed by atoms with Gasteiger partial charge in [-0.2, -0.15) is 0 Å². The number of nitrogen functional groups attached to an aromatic ring is 2. The molecule has 0 fully saturated rings.